The molecule has 7 nitrogen and oxygen atoms in total. The molecule has 8 heteroatoms. The summed E-state index contributed by atoms with van der Waals surface area (Å²) in [5, 5.41) is 14.2. The van der Waals surface area contributed by atoms with Gasteiger partial charge in [-0.1, -0.05) is 39.2 Å². The first-order valence-electron chi connectivity index (χ1n) is 12.0. The molecule has 192 valence electrons. The molecule has 3 aromatic rings. The van der Waals surface area contributed by atoms with Crippen LogP contribution in [0.1, 0.15) is 62.6 Å². The monoisotopic (exact) mass is 503 g/mol. The van der Waals surface area contributed by atoms with E-state index < -0.39 is 17.8 Å². The lowest BCUT2D eigenvalue weighted by atomic mass is 9.83. The standard InChI is InChI=1S/C29H30FN3O4/c1-6-13-37-19-11-12-20(21(30)14-19)27-18(3)22(15-29(4,5)7-2)32-26-24(9-8-10-25(26)34)33(27)28(35)23-16-36-17-31-23/h1,8-12,14,16-17,27,32,34H,7,13,15H2,2-5H3/t27-/m1/s1. The molecule has 0 spiro atoms. The molecule has 1 atom stereocenters. The van der Waals surface area contributed by atoms with Crippen molar-refractivity contribution in [3.63, 3.8) is 0 Å². The van der Waals surface area contributed by atoms with E-state index in [0.717, 1.165) is 24.1 Å². The lowest BCUT2D eigenvalue weighted by Gasteiger charge is -2.33. The molecule has 0 saturated heterocycles. The van der Waals surface area contributed by atoms with Gasteiger partial charge in [-0.3, -0.25) is 9.69 Å². The fraction of sp³-hybridized carbons (Fsp3) is 0.310. The summed E-state index contributed by atoms with van der Waals surface area (Å²) in [6, 6.07) is 8.50. The second-order valence-corrected chi connectivity index (χ2v) is 9.78. The van der Waals surface area contributed by atoms with Crippen molar-refractivity contribution in [3.8, 4) is 23.8 Å². The molecule has 0 aliphatic carbocycles. The maximum absolute atomic E-state index is 15.7. The Morgan fingerprint density at radius 2 is 2.14 bits per heavy atom. The maximum atomic E-state index is 15.7. The van der Waals surface area contributed by atoms with Crippen LogP contribution in [0.4, 0.5) is 15.8 Å². The number of amides is 1. The number of hydrogen-bond donors (Lipinski definition) is 2. The average Bonchev–Trinajstić information content (AvgIpc) is 3.38. The number of allylic oxidation sites excluding steroid dienone is 1. The van der Waals surface area contributed by atoms with E-state index in [-0.39, 0.29) is 34.8 Å². The Bertz CT molecular complexity index is 1370. The molecule has 0 fully saturated rings. The third-order valence-electron chi connectivity index (χ3n) is 6.77. The minimum Gasteiger partial charge on any atom is -0.506 e. The van der Waals surface area contributed by atoms with E-state index in [1.165, 1.54) is 17.2 Å². The minimum absolute atomic E-state index is 0.00470. The lowest BCUT2D eigenvalue weighted by molar-refractivity contribution is 0.0975. The largest absolute Gasteiger partial charge is 0.506 e. The number of carbonyl (C=O) groups is 1. The third kappa shape index (κ3) is 5.17. The average molecular weight is 504 g/mol. The first-order chi connectivity index (χ1) is 17.7. The van der Waals surface area contributed by atoms with Gasteiger partial charge < -0.3 is 19.6 Å². The van der Waals surface area contributed by atoms with Crippen molar-refractivity contribution >= 4 is 17.3 Å². The highest BCUT2D eigenvalue weighted by Gasteiger charge is 2.38. The summed E-state index contributed by atoms with van der Waals surface area (Å²) in [6.07, 6.45) is 9.17. The zero-order valence-electron chi connectivity index (χ0n) is 21.3. The first kappa shape index (κ1) is 25.8. The molecule has 0 unspecified atom stereocenters. The van der Waals surface area contributed by atoms with E-state index in [9.17, 15) is 9.90 Å². The number of ether oxygens (including phenoxy) is 1. The van der Waals surface area contributed by atoms with E-state index >= 15 is 4.39 Å². The van der Waals surface area contributed by atoms with Gasteiger partial charge in [0.25, 0.3) is 5.91 Å². The van der Waals surface area contributed by atoms with Crippen molar-refractivity contribution in [3.05, 3.63) is 77.4 Å². The molecule has 2 aromatic carbocycles. The molecule has 1 aliphatic rings. The number of benzene rings is 2. The molecule has 0 saturated carbocycles. The molecule has 2 heterocycles. The summed E-state index contributed by atoms with van der Waals surface area (Å²) in [6.45, 7) is 8.25. The number of aromatic hydroxyl groups is 1. The number of aromatic nitrogens is 1. The molecule has 0 radical (unpaired) electrons. The van der Waals surface area contributed by atoms with Crippen molar-refractivity contribution in [2.75, 3.05) is 16.8 Å². The Morgan fingerprint density at radius 1 is 1.35 bits per heavy atom. The number of fused-ring (bicyclic) bond motifs is 1. The van der Waals surface area contributed by atoms with Gasteiger partial charge in [0.1, 0.15) is 35.9 Å². The van der Waals surface area contributed by atoms with Crippen LogP contribution in [0.3, 0.4) is 0 Å². The van der Waals surface area contributed by atoms with E-state index in [0.29, 0.717) is 17.8 Å². The number of oxazole rings is 1. The summed E-state index contributed by atoms with van der Waals surface area (Å²) in [4.78, 5) is 19.4. The van der Waals surface area contributed by atoms with Crippen LogP contribution in [0, 0.1) is 23.6 Å². The summed E-state index contributed by atoms with van der Waals surface area (Å²) >= 11 is 0. The maximum Gasteiger partial charge on any atom is 0.281 e. The normalized spacial score (nSPS) is 15.5. The zero-order chi connectivity index (χ0) is 26.7. The summed E-state index contributed by atoms with van der Waals surface area (Å²) in [5.41, 5.74) is 2.47. The SMILES string of the molecule is C#CCOc1ccc([C@H]2C(C)=C(CC(C)(C)CC)Nc3c(O)cccc3N2C(=O)c2cocn2)c(F)c1. The predicted octanol–water partition coefficient (Wildman–Crippen LogP) is 6.45. The van der Waals surface area contributed by atoms with Crippen LogP contribution < -0.4 is 15.0 Å². The second-order valence-electron chi connectivity index (χ2n) is 9.78. The van der Waals surface area contributed by atoms with Crippen LogP contribution in [0.2, 0.25) is 0 Å². The molecule has 1 amide bonds. The third-order valence-corrected chi connectivity index (χ3v) is 6.77. The molecule has 37 heavy (non-hydrogen) atoms. The highest BCUT2D eigenvalue weighted by Crippen LogP contribution is 2.48. The van der Waals surface area contributed by atoms with Crippen molar-refractivity contribution in [2.45, 2.75) is 46.6 Å². The summed E-state index contributed by atoms with van der Waals surface area (Å²) in [7, 11) is 0. The number of carbonyl (C=O) groups excluding carboxylic acids is 1. The highest BCUT2D eigenvalue weighted by molar-refractivity contribution is 6.08. The predicted molar refractivity (Wildman–Crippen MR) is 140 cm³/mol. The highest BCUT2D eigenvalue weighted by atomic mass is 19.1. The zero-order valence-corrected chi connectivity index (χ0v) is 21.3. The molecular weight excluding hydrogens is 473 g/mol. The van der Waals surface area contributed by atoms with Crippen molar-refractivity contribution in [1.82, 2.24) is 4.98 Å². The van der Waals surface area contributed by atoms with Crippen LogP contribution in [0.25, 0.3) is 0 Å². The topological polar surface area (TPSA) is 87.8 Å². The summed E-state index contributed by atoms with van der Waals surface area (Å²) < 4.78 is 26.2. The number of phenolic OH excluding ortho intramolecular Hbond substituents is 1. The van der Waals surface area contributed by atoms with Gasteiger partial charge in [0.15, 0.2) is 12.1 Å². The number of para-hydroxylation sites is 1. The van der Waals surface area contributed by atoms with E-state index in [1.54, 1.807) is 30.3 Å². The number of phenols is 1. The second kappa shape index (κ2) is 10.4. The van der Waals surface area contributed by atoms with Gasteiger partial charge in [0.2, 0.25) is 0 Å². The van der Waals surface area contributed by atoms with Crippen molar-refractivity contribution in [2.24, 2.45) is 5.41 Å². The number of nitrogens with one attached hydrogen (secondary N) is 1. The lowest BCUT2D eigenvalue weighted by Crippen LogP contribution is -2.36. The molecular formula is C29H30FN3O4. The Hall–Kier alpha value is -4.25. The molecule has 1 aliphatic heterocycles. The number of anilines is 2. The Balaban J connectivity index is 1.98. The van der Waals surface area contributed by atoms with Crippen LogP contribution in [0.15, 0.2) is 64.7 Å². The van der Waals surface area contributed by atoms with Crippen LogP contribution >= 0.6 is 0 Å². The van der Waals surface area contributed by atoms with Crippen molar-refractivity contribution in [1.29, 1.82) is 0 Å². The molecule has 2 N–H and O–H groups in total. The van der Waals surface area contributed by atoms with Gasteiger partial charge in [-0.15, -0.1) is 6.42 Å². The number of nitrogens with zero attached hydrogens (tertiary/aromatic N) is 2. The van der Waals surface area contributed by atoms with Crippen LogP contribution in [-0.2, 0) is 0 Å². The molecule has 0 bridgehead atoms. The van der Waals surface area contributed by atoms with Gasteiger partial charge in [-0.2, -0.15) is 0 Å². The smallest absolute Gasteiger partial charge is 0.281 e. The summed E-state index contributed by atoms with van der Waals surface area (Å²) in [5.74, 6) is 1.55. The van der Waals surface area contributed by atoms with E-state index in [1.807, 2.05) is 6.92 Å². The van der Waals surface area contributed by atoms with E-state index in [4.69, 9.17) is 15.6 Å². The van der Waals surface area contributed by atoms with Crippen LogP contribution in [-0.4, -0.2) is 22.6 Å². The Kier molecular flexibility index (Phi) is 7.25. The minimum atomic E-state index is -0.857. The Labute approximate surface area is 216 Å². The Morgan fingerprint density at radius 3 is 2.78 bits per heavy atom. The van der Waals surface area contributed by atoms with Gasteiger partial charge in [0, 0.05) is 17.3 Å². The van der Waals surface area contributed by atoms with Crippen LogP contribution in [0.5, 0.6) is 11.5 Å². The number of terminal acetylenes is 1. The van der Waals surface area contributed by atoms with Gasteiger partial charge in [-0.25, -0.2) is 9.37 Å². The molecule has 1 aromatic heterocycles. The fourth-order valence-corrected chi connectivity index (χ4v) is 4.38. The number of rotatable bonds is 7. The number of hydrogen-bond acceptors (Lipinski definition) is 6. The molecule has 4 rings (SSSR count). The number of halogens is 1. The van der Waals surface area contributed by atoms with Gasteiger partial charge >= 0.3 is 0 Å². The fourth-order valence-electron chi connectivity index (χ4n) is 4.38. The van der Waals surface area contributed by atoms with Gasteiger partial charge in [-0.05, 0) is 48.6 Å². The van der Waals surface area contributed by atoms with E-state index in [2.05, 4.69) is 37.0 Å². The van der Waals surface area contributed by atoms with Gasteiger partial charge in [0.05, 0.1) is 11.7 Å². The first-order valence-corrected chi connectivity index (χ1v) is 12.0. The van der Waals surface area contributed by atoms with Crippen molar-refractivity contribution < 1.29 is 23.4 Å². The quantitative estimate of drug-likeness (QED) is 0.285.